The Morgan fingerprint density at radius 3 is 1.39 bits per heavy atom. The molecule has 0 saturated carbocycles. The smallest absolute Gasteiger partial charge is 0.0347 e. The third-order valence-electron chi connectivity index (χ3n) is 3.61. The fourth-order valence-corrected chi connectivity index (χ4v) is 2.57. The molecule has 1 heteroatoms. The average molecular weight is 270 g/mol. The van der Waals surface area contributed by atoms with Crippen LogP contribution in [0, 0.1) is 0 Å². The van der Waals surface area contributed by atoms with E-state index in [1.807, 2.05) is 0 Å². The first-order valence-corrected chi connectivity index (χ1v) is 8.95. The van der Waals surface area contributed by atoms with Crippen molar-refractivity contribution >= 4 is 9.24 Å². The molecule has 0 heterocycles. The molecule has 1 unspecified atom stereocenters. The molecule has 0 fully saturated rings. The molecule has 0 aliphatic carbocycles. The molecule has 0 radical (unpaired) electrons. The fraction of sp³-hybridized carbons (Fsp3) is 0.882. The molecule has 0 aliphatic rings. The van der Waals surface area contributed by atoms with Crippen LogP contribution >= 0.6 is 9.24 Å². The first-order valence-electron chi connectivity index (χ1n) is 8.28. The second-order valence-electron chi connectivity index (χ2n) is 5.46. The van der Waals surface area contributed by atoms with Crippen LogP contribution in [0.4, 0.5) is 0 Å². The van der Waals surface area contributed by atoms with Gasteiger partial charge in [-0.05, 0) is 12.8 Å². The highest BCUT2D eigenvalue weighted by molar-refractivity contribution is 7.20. The molecular weight excluding hydrogens is 235 g/mol. The van der Waals surface area contributed by atoms with Crippen molar-refractivity contribution in [2.75, 3.05) is 0 Å². The van der Waals surface area contributed by atoms with Gasteiger partial charge in [0.2, 0.25) is 0 Å². The predicted octanol–water partition coefficient (Wildman–Crippen LogP) is 6.86. The van der Waals surface area contributed by atoms with Gasteiger partial charge in [0.25, 0.3) is 0 Å². The van der Waals surface area contributed by atoms with E-state index in [-0.39, 0.29) is 0 Å². The number of unbranched alkanes of at least 4 members (excludes halogenated alkanes) is 13. The Morgan fingerprint density at radius 2 is 1.00 bits per heavy atom. The molecule has 0 aliphatic heterocycles. The lowest BCUT2D eigenvalue weighted by atomic mass is 10.0. The maximum Gasteiger partial charge on any atom is -0.0347 e. The van der Waals surface area contributed by atoms with Crippen LogP contribution < -0.4 is 0 Å². The molecule has 0 amide bonds. The molecule has 0 spiro atoms. The van der Waals surface area contributed by atoms with Gasteiger partial charge in [-0.25, -0.2) is 0 Å². The predicted molar refractivity (Wildman–Crippen MR) is 89.2 cm³/mol. The molecule has 0 N–H and O–H groups in total. The zero-order valence-electron chi connectivity index (χ0n) is 12.6. The van der Waals surface area contributed by atoms with Gasteiger partial charge in [-0.15, -0.1) is 9.24 Å². The summed E-state index contributed by atoms with van der Waals surface area (Å²) in [6.07, 6.45) is 22.3. The van der Waals surface area contributed by atoms with Crippen molar-refractivity contribution in [2.24, 2.45) is 0 Å². The summed E-state index contributed by atoms with van der Waals surface area (Å²) >= 11 is 0. The maximum absolute atomic E-state index is 2.64. The first-order chi connectivity index (χ1) is 8.91. The standard InChI is InChI=1S/C17H35P/c1-2-3-4-5-6-7-8-9-10-11-12-13-14-15-16-17-18/h16-17H,2-15,18H2,1H3. The van der Waals surface area contributed by atoms with Crippen LogP contribution in [0.3, 0.4) is 0 Å². The topological polar surface area (TPSA) is 0 Å². The second-order valence-corrected chi connectivity index (χ2v) is 5.84. The zero-order valence-corrected chi connectivity index (χ0v) is 13.8. The second kappa shape index (κ2) is 17.2. The molecule has 0 aromatic heterocycles. The number of hydrogen-bond donors (Lipinski definition) is 0. The van der Waals surface area contributed by atoms with Crippen molar-refractivity contribution in [3.05, 3.63) is 11.9 Å². The summed E-state index contributed by atoms with van der Waals surface area (Å²) in [7, 11) is 2.64. The van der Waals surface area contributed by atoms with Crippen LogP contribution in [-0.4, -0.2) is 0 Å². The van der Waals surface area contributed by atoms with Crippen molar-refractivity contribution in [3.8, 4) is 0 Å². The van der Waals surface area contributed by atoms with E-state index in [4.69, 9.17) is 0 Å². The first kappa shape index (κ1) is 18.2. The molecule has 0 aromatic rings. The van der Waals surface area contributed by atoms with Crippen LogP contribution in [0.1, 0.15) is 96.8 Å². The van der Waals surface area contributed by atoms with E-state index < -0.39 is 0 Å². The van der Waals surface area contributed by atoms with Crippen molar-refractivity contribution in [3.63, 3.8) is 0 Å². The summed E-state index contributed by atoms with van der Waals surface area (Å²) < 4.78 is 0. The van der Waals surface area contributed by atoms with E-state index in [9.17, 15) is 0 Å². The maximum atomic E-state index is 2.64. The highest BCUT2D eigenvalue weighted by atomic mass is 31.0. The Bertz CT molecular complexity index is 163. The van der Waals surface area contributed by atoms with Gasteiger partial charge in [-0.3, -0.25) is 0 Å². The summed E-state index contributed by atoms with van der Waals surface area (Å²) in [5.74, 6) is 2.08. The molecule has 108 valence electrons. The van der Waals surface area contributed by atoms with Crippen molar-refractivity contribution in [1.82, 2.24) is 0 Å². The Balaban J connectivity index is 2.90. The lowest BCUT2D eigenvalue weighted by molar-refractivity contribution is 0.540. The lowest BCUT2D eigenvalue weighted by Gasteiger charge is -2.02. The summed E-state index contributed by atoms with van der Waals surface area (Å²) in [4.78, 5) is 0. The molecule has 0 saturated heterocycles. The van der Waals surface area contributed by atoms with E-state index in [1.165, 1.54) is 89.9 Å². The molecule has 0 aromatic carbocycles. The van der Waals surface area contributed by atoms with Gasteiger partial charge in [0.05, 0.1) is 0 Å². The lowest BCUT2D eigenvalue weighted by Crippen LogP contribution is -1.82. The minimum absolute atomic E-state index is 1.27. The van der Waals surface area contributed by atoms with Crippen LogP contribution in [-0.2, 0) is 0 Å². The van der Waals surface area contributed by atoms with E-state index >= 15 is 0 Å². The Morgan fingerprint density at radius 1 is 0.611 bits per heavy atom. The van der Waals surface area contributed by atoms with Crippen LogP contribution in [0.2, 0.25) is 0 Å². The van der Waals surface area contributed by atoms with Crippen LogP contribution in [0.5, 0.6) is 0 Å². The van der Waals surface area contributed by atoms with Gasteiger partial charge >= 0.3 is 0 Å². The van der Waals surface area contributed by atoms with Gasteiger partial charge in [0, 0.05) is 0 Å². The molecule has 0 rings (SSSR count). The van der Waals surface area contributed by atoms with E-state index in [0.717, 1.165) is 0 Å². The van der Waals surface area contributed by atoms with Gasteiger partial charge < -0.3 is 0 Å². The summed E-state index contributed by atoms with van der Waals surface area (Å²) in [6.45, 7) is 2.29. The number of rotatable bonds is 14. The van der Waals surface area contributed by atoms with E-state index in [0.29, 0.717) is 0 Å². The molecule has 1 atom stereocenters. The van der Waals surface area contributed by atoms with E-state index in [1.54, 1.807) is 0 Å². The summed E-state index contributed by atoms with van der Waals surface area (Å²) in [6, 6.07) is 0. The fourth-order valence-electron chi connectivity index (χ4n) is 2.38. The summed E-state index contributed by atoms with van der Waals surface area (Å²) in [5.41, 5.74) is 0. The highest BCUT2D eigenvalue weighted by Crippen LogP contribution is 2.12. The SMILES string of the molecule is CCCCCCCCCCCCCCCC=CP. The minimum atomic E-state index is 1.27. The van der Waals surface area contributed by atoms with Gasteiger partial charge in [-0.2, -0.15) is 0 Å². The normalized spacial score (nSPS) is 11.4. The molecule has 0 bridgehead atoms. The Labute approximate surface area is 118 Å². The van der Waals surface area contributed by atoms with Gasteiger partial charge in [0.1, 0.15) is 0 Å². The monoisotopic (exact) mass is 270 g/mol. The number of allylic oxidation sites excluding steroid dienone is 1. The van der Waals surface area contributed by atoms with E-state index in [2.05, 4.69) is 28.1 Å². The van der Waals surface area contributed by atoms with Gasteiger partial charge in [0.15, 0.2) is 0 Å². The molecule has 0 nitrogen and oxygen atoms in total. The van der Waals surface area contributed by atoms with Crippen LogP contribution in [0.15, 0.2) is 11.9 Å². The van der Waals surface area contributed by atoms with Crippen molar-refractivity contribution in [2.45, 2.75) is 96.8 Å². The molecule has 18 heavy (non-hydrogen) atoms. The van der Waals surface area contributed by atoms with Gasteiger partial charge in [-0.1, -0.05) is 95.9 Å². The minimum Gasteiger partial charge on any atom is -0.114 e. The highest BCUT2D eigenvalue weighted by Gasteiger charge is 1.93. The third kappa shape index (κ3) is 16.2. The quantitative estimate of drug-likeness (QED) is 0.239. The Hall–Kier alpha value is 0.170. The summed E-state index contributed by atoms with van der Waals surface area (Å²) in [5, 5.41) is 0. The molecular formula is C17H35P. The van der Waals surface area contributed by atoms with Crippen LogP contribution in [0.25, 0.3) is 0 Å². The zero-order chi connectivity index (χ0) is 13.3. The number of hydrogen-bond acceptors (Lipinski definition) is 0. The largest absolute Gasteiger partial charge is 0.114 e. The third-order valence-corrected chi connectivity index (χ3v) is 3.88. The Kier molecular flexibility index (Phi) is 17.3. The van der Waals surface area contributed by atoms with Crippen molar-refractivity contribution in [1.29, 1.82) is 0 Å². The van der Waals surface area contributed by atoms with Crippen molar-refractivity contribution < 1.29 is 0 Å². The average Bonchev–Trinajstić information content (AvgIpc) is 2.39.